The van der Waals surface area contributed by atoms with E-state index in [0.717, 1.165) is 29.7 Å². The molecule has 0 saturated carbocycles. The average molecular weight is 333 g/mol. The highest BCUT2D eigenvalue weighted by Crippen LogP contribution is 2.25. The molecule has 1 aliphatic rings. The van der Waals surface area contributed by atoms with Gasteiger partial charge in [-0.3, -0.25) is 0 Å². The summed E-state index contributed by atoms with van der Waals surface area (Å²) in [4.78, 5) is 2.22. The van der Waals surface area contributed by atoms with Crippen molar-refractivity contribution in [1.29, 1.82) is 0 Å². The minimum Gasteiger partial charge on any atom is -0.370 e. The number of hydrogen-bond donors (Lipinski definition) is 0. The summed E-state index contributed by atoms with van der Waals surface area (Å²) < 4.78 is 25.5. The van der Waals surface area contributed by atoms with Crippen LogP contribution in [-0.4, -0.2) is 45.2 Å². The van der Waals surface area contributed by atoms with E-state index in [4.69, 9.17) is 0 Å². The van der Waals surface area contributed by atoms with Crippen LogP contribution < -0.4 is 4.90 Å². The lowest BCUT2D eigenvalue weighted by Crippen LogP contribution is -2.38. The fourth-order valence-electron chi connectivity index (χ4n) is 2.22. The Hall–Kier alpha value is -0.590. The van der Waals surface area contributed by atoms with E-state index in [2.05, 4.69) is 26.9 Å². The Morgan fingerprint density at radius 3 is 2.78 bits per heavy atom. The molecule has 0 spiro atoms. The predicted octanol–water partition coefficient (Wildman–Crippen LogP) is 1.92. The highest BCUT2D eigenvalue weighted by atomic mass is 79.9. The first-order valence-electron chi connectivity index (χ1n) is 5.81. The van der Waals surface area contributed by atoms with E-state index in [9.17, 15) is 8.42 Å². The van der Waals surface area contributed by atoms with Crippen molar-refractivity contribution >= 4 is 31.6 Å². The summed E-state index contributed by atoms with van der Waals surface area (Å²) in [5.41, 5.74) is 1.13. The van der Waals surface area contributed by atoms with E-state index in [1.54, 1.807) is 7.05 Å². The van der Waals surface area contributed by atoms with Crippen LogP contribution in [0.3, 0.4) is 0 Å². The van der Waals surface area contributed by atoms with Crippen LogP contribution in [0.2, 0.25) is 0 Å². The molecule has 1 aromatic carbocycles. The number of nitrogens with zero attached hydrogens (tertiary/aromatic N) is 2. The molecular weight excluding hydrogens is 316 g/mol. The molecule has 6 heteroatoms. The van der Waals surface area contributed by atoms with Gasteiger partial charge >= 0.3 is 0 Å². The van der Waals surface area contributed by atoms with Crippen LogP contribution in [0.1, 0.15) is 6.42 Å². The van der Waals surface area contributed by atoms with Crippen molar-refractivity contribution in [2.75, 3.05) is 31.3 Å². The maximum atomic E-state index is 11.5. The molecule has 0 N–H and O–H groups in total. The van der Waals surface area contributed by atoms with Gasteiger partial charge in [-0.15, -0.1) is 0 Å². The number of likely N-dealkylation sites (N-methyl/N-ethyl adjacent to an activating group) is 1. The lowest BCUT2D eigenvalue weighted by Gasteiger charge is -2.23. The molecule has 2 rings (SSSR count). The van der Waals surface area contributed by atoms with Crippen molar-refractivity contribution in [2.45, 2.75) is 12.5 Å². The van der Waals surface area contributed by atoms with Gasteiger partial charge in [0.2, 0.25) is 10.0 Å². The Morgan fingerprint density at radius 2 is 2.17 bits per heavy atom. The Balaban J connectivity index is 2.09. The smallest absolute Gasteiger partial charge is 0.211 e. The molecule has 1 aliphatic heterocycles. The van der Waals surface area contributed by atoms with E-state index >= 15 is 0 Å². The Labute approximate surface area is 117 Å². The zero-order valence-corrected chi connectivity index (χ0v) is 12.9. The normalized spacial score (nSPS) is 20.7. The van der Waals surface area contributed by atoms with Crippen LogP contribution in [0.15, 0.2) is 28.7 Å². The van der Waals surface area contributed by atoms with Crippen LogP contribution in [0.4, 0.5) is 5.69 Å². The summed E-state index contributed by atoms with van der Waals surface area (Å²) in [6.45, 7) is 1.64. The number of rotatable bonds is 3. The fourth-order valence-corrected chi connectivity index (χ4v) is 3.32. The summed E-state index contributed by atoms with van der Waals surface area (Å²) in [5, 5.41) is 0. The molecule has 0 amide bonds. The number of hydrogen-bond acceptors (Lipinski definition) is 3. The van der Waals surface area contributed by atoms with Gasteiger partial charge in [-0.05, 0) is 24.6 Å². The lowest BCUT2D eigenvalue weighted by molar-refractivity contribution is 0.393. The molecule has 100 valence electrons. The first-order valence-corrected chi connectivity index (χ1v) is 8.45. The van der Waals surface area contributed by atoms with Crippen molar-refractivity contribution in [1.82, 2.24) is 4.31 Å². The molecule has 1 atom stereocenters. The molecule has 18 heavy (non-hydrogen) atoms. The zero-order chi connectivity index (χ0) is 13.3. The Kier molecular flexibility index (Phi) is 3.99. The second-order valence-corrected chi connectivity index (χ2v) is 7.61. The molecule has 4 nitrogen and oxygen atoms in total. The Bertz CT molecular complexity index is 533. The lowest BCUT2D eigenvalue weighted by atomic mass is 10.3. The van der Waals surface area contributed by atoms with Gasteiger partial charge in [0.15, 0.2) is 0 Å². The van der Waals surface area contributed by atoms with E-state index in [1.807, 2.05) is 18.2 Å². The number of anilines is 1. The molecular formula is C12H17BrN2O2S. The molecule has 1 fully saturated rings. The monoisotopic (exact) mass is 332 g/mol. The maximum absolute atomic E-state index is 11.5. The minimum atomic E-state index is -3.10. The van der Waals surface area contributed by atoms with Gasteiger partial charge in [0.25, 0.3) is 0 Å². The maximum Gasteiger partial charge on any atom is 0.211 e. The van der Waals surface area contributed by atoms with E-state index < -0.39 is 10.0 Å². The fraction of sp³-hybridized carbons (Fsp3) is 0.500. The van der Waals surface area contributed by atoms with Gasteiger partial charge in [-0.2, -0.15) is 0 Å². The second kappa shape index (κ2) is 5.19. The van der Waals surface area contributed by atoms with Gasteiger partial charge in [0, 0.05) is 36.3 Å². The van der Waals surface area contributed by atoms with E-state index in [1.165, 1.54) is 10.6 Å². The van der Waals surface area contributed by atoms with Gasteiger partial charge in [-0.25, -0.2) is 12.7 Å². The first-order chi connectivity index (χ1) is 8.38. The third kappa shape index (κ3) is 3.05. The molecule has 1 saturated heterocycles. The quantitative estimate of drug-likeness (QED) is 0.849. The van der Waals surface area contributed by atoms with Crippen LogP contribution in [0.25, 0.3) is 0 Å². The molecule has 1 aromatic rings. The van der Waals surface area contributed by atoms with Crippen LogP contribution in [0, 0.1) is 0 Å². The van der Waals surface area contributed by atoms with Crippen LogP contribution in [0.5, 0.6) is 0 Å². The van der Waals surface area contributed by atoms with Gasteiger partial charge in [0.05, 0.1) is 6.26 Å². The second-order valence-electron chi connectivity index (χ2n) is 4.65. The molecule has 0 aromatic heterocycles. The summed E-state index contributed by atoms with van der Waals surface area (Å²) >= 11 is 3.45. The Morgan fingerprint density at radius 1 is 1.44 bits per heavy atom. The van der Waals surface area contributed by atoms with Gasteiger partial charge < -0.3 is 4.90 Å². The predicted molar refractivity (Wildman–Crippen MR) is 77.4 cm³/mol. The highest BCUT2D eigenvalue weighted by molar-refractivity contribution is 9.10. The van der Waals surface area contributed by atoms with Gasteiger partial charge in [0.1, 0.15) is 0 Å². The first kappa shape index (κ1) is 13.8. The van der Waals surface area contributed by atoms with Crippen molar-refractivity contribution in [2.24, 2.45) is 0 Å². The third-order valence-corrected chi connectivity index (χ3v) is 5.21. The van der Waals surface area contributed by atoms with Crippen LogP contribution >= 0.6 is 15.9 Å². The SMILES string of the molecule is CN([C@@H]1CCN(c2cccc(Br)c2)C1)S(C)(=O)=O. The molecule has 0 unspecified atom stereocenters. The third-order valence-electron chi connectivity index (χ3n) is 3.37. The van der Waals surface area contributed by atoms with E-state index in [-0.39, 0.29) is 6.04 Å². The minimum absolute atomic E-state index is 0.0685. The molecule has 1 heterocycles. The summed E-state index contributed by atoms with van der Waals surface area (Å²) in [7, 11) is -1.45. The zero-order valence-electron chi connectivity index (χ0n) is 10.5. The van der Waals surface area contributed by atoms with Crippen molar-refractivity contribution in [3.8, 4) is 0 Å². The largest absolute Gasteiger partial charge is 0.370 e. The molecule has 0 radical (unpaired) electrons. The summed E-state index contributed by atoms with van der Waals surface area (Å²) in [6, 6.07) is 8.15. The average Bonchev–Trinajstić information content (AvgIpc) is 2.75. The van der Waals surface area contributed by atoms with Crippen LogP contribution in [-0.2, 0) is 10.0 Å². The summed E-state index contributed by atoms with van der Waals surface area (Å²) in [6.07, 6.45) is 2.13. The molecule has 0 bridgehead atoms. The summed E-state index contributed by atoms with van der Waals surface area (Å²) in [5.74, 6) is 0. The van der Waals surface area contributed by atoms with Crippen molar-refractivity contribution in [3.63, 3.8) is 0 Å². The standard InChI is InChI=1S/C12H17BrN2O2S/c1-14(18(2,16)17)12-6-7-15(9-12)11-5-3-4-10(13)8-11/h3-5,8,12H,6-7,9H2,1-2H3/t12-/m1/s1. The number of sulfonamides is 1. The topological polar surface area (TPSA) is 40.6 Å². The van der Waals surface area contributed by atoms with E-state index in [0.29, 0.717) is 0 Å². The number of benzene rings is 1. The number of halogens is 1. The van der Waals surface area contributed by atoms with Crippen molar-refractivity contribution in [3.05, 3.63) is 28.7 Å². The highest BCUT2D eigenvalue weighted by Gasteiger charge is 2.30. The molecule has 0 aliphatic carbocycles. The van der Waals surface area contributed by atoms with Gasteiger partial charge in [-0.1, -0.05) is 22.0 Å². The van der Waals surface area contributed by atoms with Crippen molar-refractivity contribution < 1.29 is 8.42 Å².